The van der Waals surface area contributed by atoms with E-state index in [1.54, 1.807) is 0 Å². The van der Waals surface area contributed by atoms with Crippen molar-refractivity contribution in [3.63, 3.8) is 0 Å². The minimum absolute atomic E-state index is 0.384. The normalized spacial score (nSPS) is 18.4. The molecule has 0 spiro atoms. The van der Waals surface area contributed by atoms with E-state index in [1.165, 1.54) is 14.2 Å². The highest BCUT2D eigenvalue weighted by atomic mass is 16.5. The van der Waals surface area contributed by atoms with Gasteiger partial charge in [-0.25, -0.2) is 9.59 Å². The number of rotatable bonds is 2. The van der Waals surface area contributed by atoms with Gasteiger partial charge in [-0.05, 0) is 43.8 Å². The fraction of sp³-hybridized carbons (Fsp3) is 0.143. The number of fused-ring (bicyclic) bond motifs is 2. The predicted octanol–water partition coefficient (Wildman–Crippen LogP) is 5.23. The number of benzene rings is 4. The minimum Gasteiger partial charge on any atom is -0.466 e. The molecule has 3 aliphatic rings. The van der Waals surface area contributed by atoms with Crippen LogP contribution < -0.4 is 0 Å². The lowest BCUT2D eigenvalue weighted by Gasteiger charge is -2.43. The van der Waals surface area contributed by atoms with Crippen molar-refractivity contribution in [1.82, 2.24) is 0 Å². The van der Waals surface area contributed by atoms with E-state index in [9.17, 15) is 9.59 Å². The maximum absolute atomic E-state index is 13.2. The SMILES string of the molecule is COC(=O)C1=C(C(=O)OC)C2c3c(ccc4ccccc34)C1c1ccc3ccccc3c12. The number of hydrogen-bond acceptors (Lipinski definition) is 4. The van der Waals surface area contributed by atoms with Crippen LogP contribution in [0.4, 0.5) is 0 Å². The largest absolute Gasteiger partial charge is 0.466 e. The average Bonchev–Trinajstić information content (AvgIpc) is 2.86. The molecule has 0 radical (unpaired) electrons. The molecule has 0 saturated carbocycles. The van der Waals surface area contributed by atoms with Crippen LogP contribution in [0.2, 0.25) is 0 Å². The molecule has 3 aliphatic carbocycles. The van der Waals surface area contributed by atoms with Crippen LogP contribution in [0.15, 0.2) is 83.9 Å². The first-order valence-corrected chi connectivity index (χ1v) is 10.6. The Morgan fingerprint density at radius 3 is 1.50 bits per heavy atom. The molecule has 0 heterocycles. The molecule has 4 aromatic rings. The van der Waals surface area contributed by atoms with E-state index in [2.05, 4.69) is 48.5 Å². The highest BCUT2D eigenvalue weighted by Gasteiger charge is 2.49. The summed E-state index contributed by atoms with van der Waals surface area (Å²) in [5, 5.41) is 4.38. The van der Waals surface area contributed by atoms with Crippen LogP contribution in [0.25, 0.3) is 21.5 Å². The third-order valence-corrected chi connectivity index (χ3v) is 6.89. The summed E-state index contributed by atoms with van der Waals surface area (Å²) >= 11 is 0. The number of methoxy groups -OCH3 is 2. The summed E-state index contributed by atoms with van der Waals surface area (Å²) in [6, 6.07) is 24.7. The van der Waals surface area contributed by atoms with Gasteiger partial charge in [0.25, 0.3) is 0 Å². The van der Waals surface area contributed by atoms with E-state index in [-0.39, 0.29) is 5.92 Å². The second-order valence-electron chi connectivity index (χ2n) is 8.26. The van der Waals surface area contributed by atoms with Crippen molar-refractivity contribution in [3.05, 3.63) is 106 Å². The molecule has 0 aliphatic heterocycles. The molecule has 0 saturated heterocycles. The molecule has 4 heteroatoms. The Morgan fingerprint density at radius 2 is 1.03 bits per heavy atom. The van der Waals surface area contributed by atoms with Gasteiger partial charge in [-0.2, -0.15) is 0 Å². The van der Waals surface area contributed by atoms with Crippen molar-refractivity contribution in [2.24, 2.45) is 0 Å². The molecule has 0 unspecified atom stereocenters. The lowest BCUT2D eigenvalue weighted by atomic mass is 9.59. The zero-order valence-electron chi connectivity index (χ0n) is 17.7. The molecule has 2 bridgehead atoms. The van der Waals surface area contributed by atoms with Crippen LogP contribution in [0.5, 0.6) is 0 Å². The molecule has 156 valence electrons. The molecule has 4 nitrogen and oxygen atoms in total. The van der Waals surface area contributed by atoms with Gasteiger partial charge in [-0.15, -0.1) is 0 Å². The molecular formula is C28H20O4. The Kier molecular flexibility index (Phi) is 3.99. The summed E-state index contributed by atoms with van der Waals surface area (Å²) in [7, 11) is 2.72. The first-order chi connectivity index (χ1) is 15.7. The van der Waals surface area contributed by atoms with E-state index in [1.807, 2.05) is 24.3 Å². The Balaban J connectivity index is 1.81. The fourth-order valence-electron chi connectivity index (χ4n) is 5.67. The maximum Gasteiger partial charge on any atom is 0.335 e. The standard InChI is InChI=1S/C28H20O4/c1-31-27(29)25-23-19-13-11-15-7-3-5-9-17(15)21(19)24(26(25)28(30)32-2)22-18-10-6-4-8-16(18)12-14-20(22)23/h3-14,23-24H,1-2H3. The highest BCUT2D eigenvalue weighted by molar-refractivity contribution is 6.09. The summed E-state index contributed by atoms with van der Waals surface area (Å²) in [5.41, 5.74) is 5.01. The lowest BCUT2D eigenvalue weighted by molar-refractivity contribution is -0.139. The van der Waals surface area contributed by atoms with Gasteiger partial charge in [-0.3, -0.25) is 0 Å². The Morgan fingerprint density at radius 1 is 0.594 bits per heavy atom. The molecular weight excluding hydrogens is 400 g/mol. The average molecular weight is 420 g/mol. The van der Waals surface area contributed by atoms with Crippen molar-refractivity contribution in [2.75, 3.05) is 14.2 Å². The van der Waals surface area contributed by atoms with Gasteiger partial charge in [0.2, 0.25) is 0 Å². The molecule has 32 heavy (non-hydrogen) atoms. The first kappa shape index (κ1) is 18.8. The lowest BCUT2D eigenvalue weighted by Crippen LogP contribution is -2.35. The minimum atomic E-state index is -0.488. The second kappa shape index (κ2) is 6.79. The first-order valence-electron chi connectivity index (χ1n) is 10.6. The van der Waals surface area contributed by atoms with Crippen LogP contribution in [-0.2, 0) is 19.1 Å². The fourth-order valence-corrected chi connectivity index (χ4v) is 5.67. The summed E-state index contributed by atoms with van der Waals surface area (Å²) in [4.78, 5) is 26.2. The van der Waals surface area contributed by atoms with Crippen LogP contribution in [0.3, 0.4) is 0 Å². The summed E-state index contributed by atoms with van der Waals surface area (Å²) in [6.45, 7) is 0. The van der Waals surface area contributed by atoms with Crippen LogP contribution in [0.1, 0.15) is 34.1 Å². The molecule has 7 rings (SSSR count). The second-order valence-corrected chi connectivity index (χ2v) is 8.26. The number of hydrogen-bond donors (Lipinski definition) is 0. The monoisotopic (exact) mass is 420 g/mol. The van der Waals surface area contributed by atoms with Crippen molar-refractivity contribution < 1.29 is 19.1 Å². The Hall–Kier alpha value is -3.92. The molecule has 0 aromatic heterocycles. The van der Waals surface area contributed by atoms with Crippen LogP contribution >= 0.6 is 0 Å². The Bertz CT molecular complexity index is 1410. The number of carbonyl (C=O) groups is 2. The van der Waals surface area contributed by atoms with E-state index in [0.29, 0.717) is 11.1 Å². The van der Waals surface area contributed by atoms with E-state index in [0.717, 1.165) is 43.8 Å². The van der Waals surface area contributed by atoms with Crippen molar-refractivity contribution in [1.29, 1.82) is 0 Å². The van der Waals surface area contributed by atoms with Gasteiger partial charge < -0.3 is 9.47 Å². The quantitative estimate of drug-likeness (QED) is 0.417. The number of carbonyl (C=O) groups excluding carboxylic acids is 2. The predicted molar refractivity (Wildman–Crippen MR) is 123 cm³/mol. The maximum atomic E-state index is 13.2. The van der Waals surface area contributed by atoms with E-state index < -0.39 is 17.9 Å². The molecule has 0 fully saturated rings. The Labute approximate surface area is 185 Å². The summed E-state index contributed by atoms with van der Waals surface area (Å²) in [6.07, 6.45) is 0. The molecule has 0 amide bonds. The van der Waals surface area contributed by atoms with Gasteiger partial charge in [0.05, 0.1) is 25.4 Å². The van der Waals surface area contributed by atoms with Gasteiger partial charge in [-0.1, -0.05) is 72.8 Å². The van der Waals surface area contributed by atoms with Gasteiger partial charge in [0.1, 0.15) is 0 Å². The van der Waals surface area contributed by atoms with E-state index in [4.69, 9.17) is 9.47 Å². The zero-order valence-corrected chi connectivity index (χ0v) is 17.7. The van der Waals surface area contributed by atoms with Gasteiger partial charge >= 0.3 is 11.9 Å². The van der Waals surface area contributed by atoms with Gasteiger partial charge in [0, 0.05) is 11.8 Å². The third-order valence-electron chi connectivity index (χ3n) is 6.89. The van der Waals surface area contributed by atoms with Crippen molar-refractivity contribution >= 4 is 33.5 Å². The third kappa shape index (κ3) is 2.32. The molecule has 0 N–H and O–H groups in total. The smallest absolute Gasteiger partial charge is 0.335 e. The van der Waals surface area contributed by atoms with E-state index >= 15 is 0 Å². The van der Waals surface area contributed by atoms with Crippen molar-refractivity contribution in [3.8, 4) is 0 Å². The topological polar surface area (TPSA) is 52.6 Å². The number of esters is 2. The molecule has 0 atom stereocenters. The van der Waals surface area contributed by atoms with Gasteiger partial charge in [0.15, 0.2) is 0 Å². The molecule has 4 aromatic carbocycles. The van der Waals surface area contributed by atoms with Crippen LogP contribution in [0, 0.1) is 0 Å². The summed E-state index contributed by atoms with van der Waals surface area (Å²) in [5.74, 6) is -1.78. The van der Waals surface area contributed by atoms with Crippen molar-refractivity contribution in [2.45, 2.75) is 11.8 Å². The number of ether oxygens (including phenoxy) is 2. The van der Waals surface area contributed by atoms with Crippen LogP contribution in [-0.4, -0.2) is 26.2 Å². The zero-order chi connectivity index (χ0) is 22.0. The highest BCUT2D eigenvalue weighted by Crippen LogP contribution is 2.58. The summed E-state index contributed by atoms with van der Waals surface area (Å²) < 4.78 is 10.4.